The van der Waals surface area contributed by atoms with Gasteiger partial charge in [0.25, 0.3) is 0 Å². The quantitative estimate of drug-likeness (QED) is 0.866. The average Bonchev–Trinajstić information content (AvgIpc) is 2.61. The molecule has 92 valence electrons. The maximum atomic E-state index is 11.6. The monoisotopic (exact) mass is 232 g/mol. The molecule has 1 aromatic carbocycles. The number of fused-ring (bicyclic) bond motifs is 1. The summed E-state index contributed by atoms with van der Waals surface area (Å²) in [7, 11) is 1.82. The Morgan fingerprint density at radius 1 is 1.47 bits per heavy atom. The van der Waals surface area contributed by atoms with E-state index in [1.807, 2.05) is 19.2 Å². The van der Waals surface area contributed by atoms with Gasteiger partial charge in [0.1, 0.15) is 0 Å². The highest BCUT2D eigenvalue weighted by Gasteiger charge is 2.24. The van der Waals surface area contributed by atoms with E-state index in [1.54, 1.807) is 4.90 Å². The van der Waals surface area contributed by atoms with Crippen molar-refractivity contribution in [3.63, 3.8) is 0 Å². The number of carbonyl (C=O) groups excluding carboxylic acids is 1. The van der Waals surface area contributed by atoms with Crippen LogP contribution in [0.15, 0.2) is 18.2 Å². The zero-order valence-electron chi connectivity index (χ0n) is 10.6. The van der Waals surface area contributed by atoms with Gasteiger partial charge in [-0.25, -0.2) is 0 Å². The highest BCUT2D eigenvalue weighted by atomic mass is 16.2. The lowest BCUT2D eigenvalue weighted by atomic mass is 9.99. The Morgan fingerprint density at radius 2 is 2.24 bits per heavy atom. The van der Waals surface area contributed by atoms with Crippen LogP contribution < -0.4 is 10.6 Å². The molecule has 0 saturated carbocycles. The van der Waals surface area contributed by atoms with E-state index in [2.05, 4.69) is 13.0 Å². The van der Waals surface area contributed by atoms with Crippen molar-refractivity contribution in [2.75, 3.05) is 11.9 Å². The second-order valence-corrected chi connectivity index (χ2v) is 4.77. The fourth-order valence-corrected chi connectivity index (χ4v) is 2.31. The summed E-state index contributed by atoms with van der Waals surface area (Å²) < 4.78 is 0. The first kappa shape index (κ1) is 12.1. The van der Waals surface area contributed by atoms with Crippen LogP contribution in [0.25, 0.3) is 0 Å². The summed E-state index contributed by atoms with van der Waals surface area (Å²) in [5.41, 5.74) is 9.44. The molecule has 1 aliphatic heterocycles. The van der Waals surface area contributed by atoms with Crippen LogP contribution >= 0.6 is 0 Å². The number of unbranched alkanes of at least 4 members (excludes halogenated alkanes) is 1. The Morgan fingerprint density at radius 3 is 2.94 bits per heavy atom. The van der Waals surface area contributed by atoms with E-state index in [0.29, 0.717) is 6.42 Å². The van der Waals surface area contributed by atoms with E-state index < -0.39 is 0 Å². The van der Waals surface area contributed by atoms with Crippen LogP contribution in [-0.2, 0) is 11.2 Å². The smallest absolute Gasteiger partial charge is 0.231 e. The van der Waals surface area contributed by atoms with E-state index in [4.69, 9.17) is 5.73 Å². The van der Waals surface area contributed by atoms with Crippen molar-refractivity contribution in [3.05, 3.63) is 29.3 Å². The molecule has 0 fully saturated rings. The third kappa shape index (κ3) is 2.34. The number of nitrogens with two attached hydrogens (primary N) is 1. The highest BCUT2D eigenvalue weighted by molar-refractivity contribution is 6.00. The van der Waals surface area contributed by atoms with Crippen molar-refractivity contribution in [2.45, 2.75) is 38.6 Å². The zero-order valence-corrected chi connectivity index (χ0v) is 10.6. The lowest BCUT2D eigenvalue weighted by molar-refractivity contribution is -0.117. The molecular formula is C14H20N2O. The standard InChI is InChI=1S/C14H20N2O/c1-3-4-5-12(15)10-6-7-13-11(8-10)9-14(17)16(13)2/h6-8,12H,3-5,9,15H2,1-2H3. The molecule has 2 rings (SSSR count). The fraction of sp³-hybridized carbons (Fsp3) is 0.500. The minimum atomic E-state index is 0.0984. The zero-order chi connectivity index (χ0) is 12.4. The summed E-state index contributed by atoms with van der Waals surface area (Å²) in [6, 6.07) is 6.26. The summed E-state index contributed by atoms with van der Waals surface area (Å²) >= 11 is 0. The molecule has 0 radical (unpaired) electrons. The number of anilines is 1. The summed E-state index contributed by atoms with van der Waals surface area (Å²) in [4.78, 5) is 13.3. The molecule has 1 aromatic rings. The molecule has 3 heteroatoms. The molecule has 1 unspecified atom stereocenters. The van der Waals surface area contributed by atoms with Crippen LogP contribution in [0.5, 0.6) is 0 Å². The summed E-state index contributed by atoms with van der Waals surface area (Å²) in [6.45, 7) is 2.17. The summed E-state index contributed by atoms with van der Waals surface area (Å²) in [5.74, 6) is 0.166. The SMILES string of the molecule is CCCCC(N)c1ccc2c(c1)CC(=O)N2C. The first-order valence-corrected chi connectivity index (χ1v) is 6.28. The van der Waals surface area contributed by atoms with Crippen molar-refractivity contribution in [2.24, 2.45) is 5.73 Å². The van der Waals surface area contributed by atoms with E-state index in [9.17, 15) is 4.79 Å². The van der Waals surface area contributed by atoms with Gasteiger partial charge in [-0.05, 0) is 23.6 Å². The molecule has 1 heterocycles. The van der Waals surface area contributed by atoms with Gasteiger partial charge in [0.05, 0.1) is 6.42 Å². The largest absolute Gasteiger partial charge is 0.324 e. The van der Waals surface area contributed by atoms with Crippen molar-refractivity contribution in [1.82, 2.24) is 0 Å². The molecule has 2 N–H and O–H groups in total. The maximum Gasteiger partial charge on any atom is 0.231 e. The number of hydrogen-bond acceptors (Lipinski definition) is 2. The highest BCUT2D eigenvalue weighted by Crippen LogP contribution is 2.30. The van der Waals surface area contributed by atoms with E-state index in [1.165, 1.54) is 6.42 Å². The Labute approximate surface area is 103 Å². The van der Waals surface area contributed by atoms with Crippen LogP contribution in [0.3, 0.4) is 0 Å². The number of nitrogens with zero attached hydrogens (tertiary/aromatic N) is 1. The van der Waals surface area contributed by atoms with E-state index in [-0.39, 0.29) is 11.9 Å². The van der Waals surface area contributed by atoms with E-state index >= 15 is 0 Å². The molecule has 1 amide bonds. The van der Waals surface area contributed by atoms with Crippen molar-refractivity contribution < 1.29 is 4.79 Å². The molecule has 17 heavy (non-hydrogen) atoms. The predicted octanol–water partition coefficient (Wildman–Crippen LogP) is 2.40. The van der Waals surface area contributed by atoms with Gasteiger partial charge in [-0.3, -0.25) is 4.79 Å². The van der Waals surface area contributed by atoms with Crippen LogP contribution in [0.2, 0.25) is 0 Å². The molecule has 0 spiro atoms. The van der Waals surface area contributed by atoms with Gasteiger partial charge < -0.3 is 10.6 Å². The first-order valence-electron chi connectivity index (χ1n) is 6.28. The van der Waals surface area contributed by atoms with Crippen LogP contribution in [-0.4, -0.2) is 13.0 Å². The fourth-order valence-electron chi connectivity index (χ4n) is 2.31. The molecule has 0 aromatic heterocycles. The lowest BCUT2D eigenvalue weighted by Gasteiger charge is -2.14. The lowest BCUT2D eigenvalue weighted by Crippen LogP contribution is -2.20. The molecular weight excluding hydrogens is 212 g/mol. The summed E-state index contributed by atoms with van der Waals surface area (Å²) in [6.07, 6.45) is 3.84. The van der Waals surface area contributed by atoms with Gasteiger partial charge >= 0.3 is 0 Å². The number of likely N-dealkylation sites (N-methyl/N-ethyl adjacent to an activating group) is 1. The predicted molar refractivity (Wildman–Crippen MR) is 70.0 cm³/mol. The topological polar surface area (TPSA) is 46.3 Å². The third-order valence-electron chi connectivity index (χ3n) is 3.48. The minimum absolute atomic E-state index is 0.0984. The number of carbonyl (C=O) groups is 1. The van der Waals surface area contributed by atoms with Crippen molar-refractivity contribution in [1.29, 1.82) is 0 Å². The summed E-state index contributed by atoms with van der Waals surface area (Å²) in [5, 5.41) is 0. The normalized spacial score (nSPS) is 16.2. The molecule has 1 atom stereocenters. The molecule has 3 nitrogen and oxygen atoms in total. The number of rotatable bonds is 4. The Hall–Kier alpha value is -1.35. The maximum absolute atomic E-state index is 11.6. The molecule has 1 aliphatic rings. The van der Waals surface area contributed by atoms with Gasteiger partial charge in [0, 0.05) is 18.8 Å². The first-order chi connectivity index (χ1) is 8.13. The third-order valence-corrected chi connectivity index (χ3v) is 3.48. The Bertz CT molecular complexity index is 428. The van der Waals surface area contributed by atoms with Crippen LogP contribution in [0, 0.1) is 0 Å². The number of hydrogen-bond donors (Lipinski definition) is 1. The average molecular weight is 232 g/mol. The van der Waals surface area contributed by atoms with Crippen molar-refractivity contribution in [3.8, 4) is 0 Å². The van der Waals surface area contributed by atoms with Gasteiger partial charge in [0.15, 0.2) is 0 Å². The minimum Gasteiger partial charge on any atom is -0.324 e. The van der Waals surface area contributed by atoms with Crippen LogP contribution in [0.4, 0.5) is 5.69 Å². The van der Waals surface area contributed by atoms with Gasteiger partial charge in [-0.15, -0.1) is 0 Å². The second-order valence-electron chi connectivity index (χ2n) is 4.77. The van der Waals surface area contributed by atoms with Gasteiger partial charge in [0.2, 0.25) is 5.91 Å². The van der Waals surface area contributed by atoms with Gasteiger partial charge in [-0.1, -0.05) is 31.9 Å². The second kappa shape index (κ2) is 4.88. The van der Waals surface area contributed by atoms with E-state index in [0.717, 1.165) is 29.7 Å². The molecule has 0 saturated heterocycles. The number of amides is 1. The Balaban J connectivity index is 2.18. The Kier molecular flexibility index (Phi) is 3.48. The van der Waals surface area contributed by atoms with Crippen molar-refractivity contribution >= 4 is 11.6 Å². The molecule has 0 aliphatic carbocycles. The number of benzene rings is 1. The van der Waals surface area contributed by atoms with Gasteiger partial charge in [-0.2, -0.15) is 0 Å². The van der Waals surface area contributed by atoms with Crippen LogP contribution in [0.1, 0.15) is 43.4 Å². The molecule has 0 bridgehead atoms.